The number of benzene rings is 2. The van der Waals surface area contributed by atoms with Gasteiger partial charge in [-0.2, -0.15) is 0 Å². The van der Waals surface area contributed by atoms with Crippen LogP contribution in [0.3, 0.4) is 0 Å². The summed E-state index contributed by atoms with van der Waals surface area (Å²) in [6.07, 6.45) is 0.584. The molecule has 1 aliphatic rings. The van der Waals surface area contributed by atoms with Crippen LogP contribution in [0.15, 0.2) is 54.6 Å². The van der Waals surface area contributed by atoms with Crippen molar-refractivity contribution in [3.05, 3.63) is 65.7 Å². The number of carbonyl (C=O) groups excluding carboxylic acids is 1. The molecule has 0 aliphatic carbocycles. The molecule has 3 rings (SSSR count). The molecule has 4 nitrogen and oxygen atoms in total. The maximum absolute atomic E-state index is 12.7. The van der Waals surface area contributed by atoms with E-state index in [4.69, 9.17) is 0 Å². The molecule has 0 bridgehead atoms. The van der Waals surface area contributed by atoms with Gasteiger partial charge in [0.15, 0.2) is 0 Å². The lowest BCUT2D eigenvalue weighted by atomic mass is 10.2. The van der Waals surface area contributed by atoms with Gasteiger partial charge < -0.3 is 9.80 Å². The summed E-state index contributed by atoms with van der Waals surface area (Å²) in [5.41, 5.74) is 3.80. The predicted octanol–water partition coefficient (Wildman–Crippen LogP) is 3.56. The fourth-order valence-electron chi connectivity index (χ4n) is 3.68. The minimum absolute atomic E-state index is 0.278. The molecule has 2 aromatic carbocycles. The molecule has 0 N–H and O–H groups in total. The Labute approximate surface area is 163 Å². The van der Waals surface area contributed by atoms with E-state index >= 15 is 0 Å². The topological polar surface area (TPSA) is 26.8 Å². The molecule has 0 radical (unpaired) electrons. The van der Waals surface area contributed by atoms with E-state index in [-0.39, 0.29) is 5.91 Å². The zero-order valence-electron chi connectivity index (χ0n) is 16.6. The predicted molar refractivity (Wildman–Crippen MR) is 112 cm³/mol. The van der Waals surface area contributed by atoms with Gasteiger partial charge in [-0.1, -0.05) is 42.5 Å². The first-order valence-electron chi connectivity index (χ1n) is 10.0. The van der Waals surface area contributed by atoms with Crippen LogP contribution < -0.4 is 4.90 Å². The smallest absolute Gasteiger partial charge is 0.224 e. The molecule has 1 amide bonds. The van der Waals surface area contributed by atoms with E-state index in [0.717, 1.165) is 45.8 Å². The van der Waals surface area contributed by atoms with Crippen LogP contribution in [0.5, 0.6) is 0 Å². The van der Waals surface area contributed by atoms with Crippen LogP contribution >= 0.6 is 0 Å². The van der Waals surface area contributed by atoms with Crippen molar-refractivity contribution in [1.29, 1.82) is 0 Å². The maximum atomic E-state index is 12.7. The highest BCUT2D eigenvalue weighted by Crippen LogP contribution is 2.16. The van der Waals surface area contributed by atoms with Crippen molar-refractivity contribution in [3.8, 4) is 0 Å². The molecule has 1 fully saturated rings. The first kappa shape index (κ1) is 19.4. The molecule has 0 atom stereocenters. The number of hydrogen-bond acceptors (Lipinski definition) is 3. The van der Waals surface area contributed by atoms with Crippen LogP contribution in [0.25, 0.3) is 0 Å². The van der Waals surface area contributed by atoms with Gasteiger partial charge in [-0.3, -0.25) is 9.69 Å². The van der Waals surface area contributed by atoms with Crippen LogP contribution in [0.2, 0.25) is 0 Å². The summed E-state index contributed by atoms with van der Waals surface area (Å²) in [6.45, 7) is 10.5. The van der Waals surface area contributed by atoms with Gasteiger partial charge >= 0.3 is 0 Å². The van der Waals surface area contributed by atoms with Crippen LogP contribution in [-0.4, -0.2) is 55.0 Å². The van der Waals surface area contributed by atoms with E-state index in [0.29, 0.717) is 6.42 Å². The van der Waals surface area contributed by atoms with Crippen LogP contribution in [-0.2, 0) is 11.3 Å². The van der Waals surface area contributed by atoms with Gasteiger partial charge in [0, 0.05) is 57.9 Å². The summed E-state index contributed by atoms with van der Waals surface area (Å²) in [6, 6.07) is 19.1. The number of anilines is 1. The Bertz CT molecular complexity index is 723. The van der Waals surface area contributed by atoms with Gasteiger partial charge in [0.2, 0.25) is 5.91 Å². The summed E-state index contributed by atoms with van der Waals surface area (Å²) in [5.74, 6) is 0.278. The van der Waals surface area contributed by atoms with E-state index in [9.17, 15) is 4.79 Å². The molecule has 27 heavy (non-hydrogen) atoms. The van der Waals surface area contributed by atoms with E-state index in [1.807, 2.05) is 4.90 Å². The minimum Gasteiger partial charge on any atom is -0.371 e. The first-order valence-corrected chi connectivity index (χ1v) is 10.0. The Morgan fingerprint density at radius 3 is 2.41 bits per heavy atom. The Kier molecular flexibility index (Phi) is 6.88. The standard InChI is InChI=1S/C23H31N3O/c1-3-25(22-11-7-8-20(2)18-22)13-12-23(27)26-16-14-24(15-17-26)19-21-9-5-4-6-10-21/h4-11,18H,3,12-17,19H2,1-2H3. The van der Waals surface area contributed by atoms with Gasteiger partial charge in [-0.15, -0.1) is 0 Å². The molecular formula is C23H31N3O. The Morgan fingerprint density at radius 1 is 1.00 bits per heavy atom. The maximum Gasteiger partial charge on any atom is 0.224 e. The number of nitrogens with zero attached hydrogens (tertiary/aromatic N) is 3. The quantitative estimate of drug-likeness (QED) is 0.751. The van der Waals surface area contributed by atoms with Crippen molar-refractivity contribution in [2.45, 2.75) is 26.8 Å². The third kappa shape index (κ3) is 5.57. The number of rotatable bonds is 7. The number of hydrogen-bond donors (Lipinski definition) is 0. The molecule has 1 saturated heterocycles. The average Bonchev–Trinajstić information content (AvgIpc) is 2.70. The minimum atomic E-state index is 0.278. The Morgan fingerprint density at radius 2 is 1.74 bits per heavy atom. The SMILES string of the molecule is CCN(CCC(=O)N1CCN(Cc2ccccc2)CC1)c1cccc(C)c1. The van der Waals surface area contributed by atoms with E-state index in [1.165, 1.54) is 16.8 Å². The summed E-state index contributed by atoms with van der Waals surface area (Å²) >= 11 is 0. The molecule has 0 saturated carbocycles. The van der Waals surface area contributed by atoms with Crippen molar-refractivity contribution in [3.63, 3.8) is 0 Å². The lowest BCUT2D eigenvalue weighted by molar-refractivity contribution is -0.132. The number of carbonyl (C=O) groups is 1. The van der Waals surface area contributed by atoms with Gasteiger partial charge in [0.25, 0.3) is 0 Å². The monoisotopic (exact) mass is 365 g/mol. The van der Waals surface area contributed by atoms with Crippen molar-refractivity contribution in [2.75, 3.05) is 44.2 Å². The van der Waals surface area contributed by atoms with E-state index in [1.54, 1.807) is 0 Å². The van der Waals surface area contributed by atoms with E-state index < -0.39 is 0 Å². The summed E-state index contributed by atoms with van der Waals surface area (Å²) in [7, 11) is 0. The molecule has 2 aromatic rings. The fourth-order valence-corrected chi connectivity index (χ4v) is 3.68. The van der Waals surface area contributed by atoms with Crippen LogP contribution in [0, 0.1) is 6.92 Å². The average molecular weight is 366 g/mol. The van der Waals surface area contributed by atoms with Crippen molar-refractivity contribution >= 4 is 11.6 Å². The molecule has 144 valence electrons. The Hall–Kier alpha value is -2.33. The van der Waals surface area contributed by atoms with Crippen LogP contribution in [0.1, 0.15) is 24.5 Å². The summed E-state index contributed by atoms with van der Waals surface area (Å²) in [5, 5.41) is 0. The van der Waals surface area contributed by atoms with Gasteiger partial charge in [0.05, 0.1) is 0 Å². The summed E-state index contributed by atoms with van der Waals surface area (Å²) in [4.78, 5) is 19.4. The highest BCUT2D eigenvalue weighted by Gasteiger charge is 2.21. The molecular weight excluding hydrogens is 334 g/mol. The number of piperazine rings is 1. The second-order valence-corrected chi connectivity index (χ2v) is 7.31. The second kappa shape index (κ2) is 9.56. The Balaban J connectivity index is 1.45. The van der Waals surface area contributed by atoms with Crippen molar-refractivity contribution < 1.29 is 4.79 Å². The molecule has 0 unspecified atom stereocenters. The lowest BCUT2D eigenvalue weighted by Gasteiger charge is -2.35. The molecule has 1 aliphatic heterocycles. The molecule has 4 heteroatoms. The largest absolute Gasteiger partial charge is 0.371 e. The van der Waals surface area contributed by atoms with Gasteiger partial charge in [0.1, 0.15) is 0 Å². The van der Waals surface area contributed by atoms with Gasteiger partial charge in [-0.05, 0) is 37.1 Å². The third-order valence-corrected chi connectivity index (χ3v) is 5.32. The van der Waals surface area contributed by atoms with Gasteiger partial charge in [-0.25, -0.2) is 0 Å². The van der Waals surface area contributed by atoms with Crippen molar-refractivity contribution in [2.24, 2.45) is 0 Å². The highest BCUT2D eigenvalue weighted by molar-refractivity contribution is 5.77. The number of aryl methyl sites for hydroxylation is 1. The molecule has 0 aromatic heterocycles. The molecule has 0 spiro atoms. The summed E-state index contributed by atoms with van der Waals surface area (Å²) < 4.78 is 0. The fraction of sp³-hybridized carbons (Fsp3) is 0.435. The highest BCUT2D eigenvalue weighted by atomic mass is 16.2. The third-order valence-electron chi connectivity index (χ3n) is 5.32. The van der Waals surface area contributed by atoms with E-state index in [2.05, 4.69) is 78.2 Å². The second-order valence-electron chi connectivity index (χ2n) is 7.31. The zero-order valence-corrected chi connectivity index (χ0v) is 16.6. The lowest BCUT2D eigenvalue weighted by Crippen LogP contribution is -2.48. The normalized spacial score (nSPS) is 15.0. The number of amides is 1. The van der Waals surface area contributed by atoms with Crippen LogP contribution in [0.4, 0.5) is 5.69 Å². The molecule has 1 heterocycles. The first-order chi connectivity index (χ1) is 13.2. The zero-order chi connectivity index (χ0) is 19.1. The van der Waals surface area contributed by atoms with Crippen molar-refractivity contribution in [1.82, 2.24) is 9.80 Å².